The highest BCUT2D eigenvalue weighted by Crippen LogP contribution is 2.38. The molecule has 1 N–H and O–H groups in total. The molecule has 1 saturated heterocycles. The van der Waals surface area contributed by atoms with Crippen molar-refractivity contribution in [3.05, 3.63) is 35.2 Å². The Labute approximate surface area is 107 Å². The van der Waals surface area contributed by atoms with Gasteiger partial charge in [-0.05, 0) is 34.7 Å². The molecule has 1 nitrogen and oxygen atoms in total. The first-order chi connectivity index (χ1) is 8.21. The van der Waals surface area contributed by atoms with Gasteiger partial charge in [0.2, 0.25) is 0 Å². The fourth-order valence-electron chi connectivity index (χ4n) is 2.73. The van der Waals surface area contributed by atoms with E-state index in [0.29, 0.717) is 5.41 Å². The molecule has 1 aromatic heterocycles. The Kier molecular flexibility index (Phi) is 2.72. The molecule has 90 valence electrons. The summed E-state index contributed by atoms with van der Waals surface area (Å²) in [7, 11) is 0. The van der Waals surface area contributed by atoms with Crippen molar-refractivity contribution in [2.24, 2.45) is 11.3 Å². The zero-order chi connectivity index (χ0) is 11.9. The molecule has 1 aliphatic heterocycles. The van der Waals surface area contributed by atoms with Crippen molar-refractivity contribution in [3.63, 3.8) is 0 Å². The molecule has 1 aromatic carbocycles. The Bertz CT molecular complexity index is 522. The summed E-state index contributed by atoms with van der Waals surface area (Å²) >= 11 is 1.88. The predicted octanol–water partition coefficient (Wildman–Crippen LogP) is 3.69. The van der Waals surface area contributed by atoms with Gasteiger partial charge in [-0.2, -0.15) is 0 Å². The first-order valence-electron chi connectivity index (χ1n) is 6.37. The third-order valence-electron chi connectivity index (χ3n) is 4.28. The molecule has 0 amide bonds. The quantitative estimate of drug-likeness (QED) is 0.869. The Morgan fingerprint density at radius 2 is 2.06 bits per heavy atom. The van der Waals surface area contributed by atoms with Crippen LogP contribution in [0, 0.1) is 11.3 Å². The van der Waals surface area contributed by atoms with Gasteiger partial charge in [0.05, 0.1) is 0 Å². The first-order valence-corrected chi connectivity index (χ1v) is 7.25. The lowest BCUT2D eigenvalue weighted by Gasteiger charge is -2.46. The highest BCUT2D eigenvalue weighted by molar-refractivity contribution is 7.17. The Morgan fingerprint density at radius 1 is 1.29 bits per heavy atom. The highest BCUT2D eigenvalue weighted by atomic mass is 32.1. The Morgan fingerprint density at radius 3 is 2.71 bits per heavy atom. The molecular formula is C15H19NS. The lowest BCUT2D eigenvalue weighted by molar-refractivity contribution is 0.100. The molecular weight excluding hydrogens is 226 g/mol. The number of hydrogen-bond acceptors (Lipinski definition) is 2. The molecule has 3 rings (SSSR count). The summed E-state index contributed by atoms with van der Waals surface area (Å²) in [5.41, 5.74) is 2.03. The van der Waals surface area contributed by atoms with Crippen LogP contribution in [0.3, 0.4) is 0 Å². The number of hydrogen-bond donors (Lipinski definition) is 1. The van der Waals surface area contributed by atoms with Crippen LogP contribution in [0.5, 0.6) is 0 Å². The molecule has 2 aromatic rings. The normalized spacial score (nSPS) is 18.5. The molecule has 0 saturated carbocycles. The summed E-state index contributed by atoms with van der Waals surface area (Å²) in [6.45, 7) is 7.06. The zero-order valence-electron chi connectivity index (χ0n) is 10.5. The van der Waals surface area contributed by atoms with Crippen LogP contribution < -0.4 is 5.32 Å². The number of fused-ring (bicyclic) bond motifs is 1. The van der Waals surface area contributed by atoms with Gasteiger partial charge in [-0.1, -0.05) is 32.0 Å². The average molecular weight is 245 g/mol. The first kappa shape index (κ1) is 11.2. The van der Waals surface area contributed by atoms with Crippen LogP contribution in [-0.2, 0) is 6.42 Å². The van der Waals surface area contributed by atoms with Crippen LogP contribution in [0.1, 0.15) is 19.4 Å². The second kappa shape index (κ2) is 4.11. The van der Waals surface area contributed by atoms with E-state index < -0.39 is 0 Å². The smallest absolute Gasteiger partial charge is 0.0345 e. The molecule has 2 heterocycles. The molecule has 0 atom stereocenters. The van der Waals surface area contributed by atoms with Crippen LogP contribution in [0.25, 0.3) is 10.1 Å². The van der Waals surface area contributed by atoms with Gasteiger partial charge in [-0.3, -0.25) is 0 Å². The van der Waals surface area contributed by atoms with Crippen molar-refractivity contribution in [1.29, 1.82) is 0 Å². The van der Waals surface area contributed by atoms with E-state index in [0.717, 1.165) is 5.92 Å². The lowest BCUT2D eigenvalue weighted by atomic mass is 9.68. The molecule has 0 aliphatic carbocycles. The molecule has 0 radical (unpaired) electrons. The van der Waals surface area contributed by atoms with Gasteiger partial charge in [0.25, 0.3) is 0 Å². The third kappa shape index (κ3) is 1.80. The number of nitrogens with one attached hydrogen (secondary N) is 1. The van der Waals surface area contributed by atoms with Crippen LogP contribution in [0.4, 0.5) is 0 Å². The maximum absolute atomic E-state index is 3.45. The summed E-state index contributed by atoms with van der Waals surface area (Å²) in [6, 6.07) is 8.78. The topological polar surface area (TPSA) is 12.0 Å². The van der Waals surface area contributed by atoms with Crippen LogP contribution >= 0.6 is 11.3 Å². The van der Waals surface area contributed by atoms with E-state index in [-0.39, 0.29) is 0 Å². The zero-order valence-corrected chi connectivity index (χ0v) is 11.3. The molecule has 0 spiro atoms. The van der Waals surface area contributed by atoms with Gasteiger partial charge in [0, 0.05) is 23.2 Å². The van der Waals surface area contributed by atoms with Gasteiger partial charge >= 0.3 is 0 Å². The van der Waals surface area contributed by atoms with E-state index in [1.165, 1.54) is 29.6 Å². The van der Waals surface area contributed by atoms with Crippen molar-refractivity contribution < 1.29 is 0 Å². The number of benzene rings is 1. The van der Waals surface area contributed by atoms with Crippen LogP contribution in [-0.4, -0.2) is 13.1 Å². The van der Waals surface area contributed by atoms with Crippen LogP contribution in [0.15, 0.2) is 29.6 Å². The molecule has 1 fully saturated rings. The number of thiophene rings is 1. The summed E-state index contributed by atoms with van der Waals surface area (Å²) in [6.07, 6.45) is 1.22. The van der Waals surface area contributed by atoms with Crippen molar-refractivity contribution in [2.75, 3.05) is 13.1 Å². The fraction of sp³-hybridized carbons (Fsp3) is 0.467. The molecule has 0 unspecified atom stereocenters. The predicted molar refractivity (Wildman–Crippen MR) is 75.7 cm³/mol. The van der Waals surface area contributed by atoms with E-state index in [4.69, 9.17) is 0 Å². The highest BCUT2D eigenvalue weighted by Gasteiger charge is 2.40. The summed E-state index contributed by atoms with van der Waals surface area (Å²) in [5.74, 6) is 0.752. The third-order valence-corrected chi connectivity index (χ3v) is 5.29. The maximum atomic E-state index is 3.45. The van der Waals surface area contributed by atoms with Gasteiger partial charge in [-0.25, -0.2) is 0 Å². The molecule has 2 heteroatoms. The van der Waals surface area contributed by atoms with E-state index in [1.807, 2.05) is 11.3 Å². The Balaban J connectivity index is 1.94. The summed E-state index contributed by atoms with van der Waals surface area (Å²) in [4.78, 5) is 0. The van der Waals surface area contributed by atoms with E-state index in [9.17, 15) is 0 Å². The van der Waals surface area contributed by atoms with Gasteiger partial charge in [0.15, 0.2) is 0 Å². The van der Waals surface area contributed by atoms with Crippen molar-refractivity contribution in [2.45, 2.75) is 20.3 Å². The molecule has 1 aliphatic rings. The largest absolute Gasteiger partial charge is 0.315 e. The van der Waals surface area contributed by atoms with Gasteiger partial charge < -0.3 is 5.32 Å². The molecule has 17 heavy (non-hydrogen) atoms. The minimum atomic E-state index is 0.490. The van der Waals surface area contributed by atoms with Crippen molar-refractivity contribution >= 4 is 21.4 Å². The van der Waals surface area contributed by atoms with Gasteiger partial charge in [0.1, 0.15) is 0 Å². The summed E-state index contributed by atoms with van der Waals surface area (Å²) < 4.78 is 1.42. The van der Waals surface area contributed by atoms with E-state index >= 15 is 0 Å². The monoisotopic (exact) mass is 245 g/mol. The van der Waals surface area contributed by atoms with E-state index in [2.05, 4.69) is 48.8 Å². The van der Waals surface area contributed by atoms with Crippen LogP contribution in [0.2, 0.25) is 0 Å². The lowest BCUT2D eigenvalue weighted by Crippen LogP contribution is -2.57. The fourth-order valence-corrected chi connectivity index (χ4v) is 3.70. The Hall–Kier alpha value is -0.860. The van der Waals surface area contributed by atoms with Crippen molar-refractivity contribution in [1.82, 2.24) is 5.32 Å². The van der Waals surface area contributed by atoms with E-state index in [1.54, 1.807) is 5.56 Å². The minimum Gasteiger partial charge on any atom is -0.315 e. The standard InChI is InChI=1S/C15H19NS/c1-11(2)15(9-16-10-15)7-12-8-17-14-6-4-3-5-13(12)14/h3-6,8,11,16H,7,9-10H2,1-2H3. The maximum Gasteiger partial charge on any atom is 0.0345 e. The second-order valence-electron chi connectivity index (χ2n) is 5.55. The SMILES string of the molecule is CC(C)C1(Cc2csc3ccccc23)CNC1. The number of rotatable bonds is 3. The minimum absolute atomic E-state index is 0.490. The molecule has 0 bridgehead atoms. The summed E-state index contributed by atoms with van der Waals surface area (Å²) in [5, 5.41) is 7.26. The average Bonchev–Trinajstić information content (AvgIpc) is 2.66. The van der Waals surface area contributed by atoms with Gasteiger partial charge in [-0.15, -0.1) is 11.3 Å². The second-order valence-corrected chi connectivity index (χ2v) is 6.47. The van der Waals surface area contributed by atoms with Crippen molar-refractivity contribution in [3.8, 4) is 0 Å².